The van der Waals surface area contributed by atoms with Crippen LogP contribution in [0, 0.1) is 0 Å². The Balaban J connectivity index is 1.88. The Labute approximate surface area is 182 Å². The van der Waals surface area contributed by atoms with Crippen molar-refractivity contribution in [1.29, 1.82) is 0 Å². The molecule has 3 aromatic carbocycles. The molecule has 1 unspecified atom stereocenters. The van der Waals surface area contributed by atoms with Crippen molar-refractivity contribution in [3.8, 4) is 0 Å². The third-order valence-electron chi connectivity index (χ3n) is 4.85. The van der Waals surface area contributed by atoms with Gasteiger partial charge >= 0.3 is 0 Å². The van der Waals surface area contributed by atoms with Gasteiger partial charge in [-0.05, 0) is 42.3 Å². The minimum Gasteiger partial charge on any atom is -0.251 e. The lowest BCUT2D eigenvalue weighted by atomic mass is 9.98. The molecule has 4 rings (SSSR count). The molecule has 140 valence electrons. The molecule has 4 heteroatoms. The Bertz CT molecular complexity index is 1140. The van der Waals surface area contributed by atoms with E-state index < -0.39 is 0 Å². The summed E-state index contributed by atoms with van der Waals surface area (Å²) in [6, 6.07) is 25.0. The number of aliphatic imine (C=N–C) groups is 1. The van der Waals surface area contributed by atoms with Crippen LogP contribution in [0.5, 0.6) is 0 Å². The summed E-state index contributed by atoms with van der Waals surface area (Å²) < 4.78 is 2.22. The highest BCUT2D eigenvalue weighted by Gasteiger charge is 2.19. The van der Waals surface area contributed by atoms with Crippen molar-refractivity contribution in [2.45, 2.75) is 19.8 Å². The first-order valence-corrected chi connectivity index (χ1v) is 11.1. The summed E-state index contributed by atoms with van der Waals surface area (Å²) in [5.74, 6) is 0.274. The van der Waals surface area contributed by atoms with E-state index in [-0.39, 0.29) is 5.92 Å². The third-order valence-corrected chi connectivity index (χ3v) is 6.87. The molecule has 1 atom stereocenters. The highest BCUT2D eigenvalue weighted by atomic mass is 79.9. The van der Waals surface area contributed by atoms with Gasteiger partial charge in [0, 0.05) is 36.1 Å². The van der Waals surface area contributed by atoms with Gasteiger partial charge in [-0.1, -0.05) is 83.0 Å². The van der Waals surface area contributed by atoms with Crippen LogP contribution in [0.4, 0.5) is 5.69 Å². The maximum Gasteiger partial charge on any atom is 0.0856 e. The summed E-state index contributed by atoms with van der Waals surface area (Å²) in [6.07, 6.45) is 0. The highest BCUT2D eigenvalue weighted by Crippen LogP contribution is 2.44. The van der Waals surface area contributed by atoms with Gasteiger partial charge in [-0.15, -0.1) is 11.3 Å². The molecule has 28 heavy (non-hydrogen) atoms. The zero-order valence-electron chi connectivity index (χ0n) is 15.6. The monoisotopic (exact) mass is 467 g/mol. The number of fused-ring (bicyclic) bond motifs is 1. The number of benzene rings is 3. The largest absolute Gasteiger partial charge is 0.251 e. The molecule has 1 nitrogen and oxygen atoms in total. The number of hydrogen-bond donors (Lipinski definition) is 0. The van der Waals surface area contributed by atoms with Crippen molar-refractivity contribution in [3.05, 3.63) is 98.3 Å². The smallest absolute Gasteiger partial charge is 0.0856 e. The molecule has 1 aromatic heterocycles. The average molecular weight is 469 g/mol. The molecule has 0 aliphatic heterocycles. The van der Waals surface area contributed by atoms with E-state index in [1.165, 1.54) is 20.5 Å². The number of rotatable bonds is 4. The van der Waals surface area contributed by atoms with Crippen LogP contribution in [0.1, 0.15) is 35.8 Å². The molecule has 0 aliphatic rings. The molecular formula is C24H19BrClNS. The van der Waals surface area contributed by atoms with Crippen LogP contribution < -0.4 is 0 Å². The number of hydrogen-bond acceptors (Lipinski definition) is 2. The first-order valence-electron chi connectivity index (χ1n) is 9.11. The zero-order valence-corrected chi connectivity index (χ0v) is 18.8. The van der Waals surface area contributed by atoms with E-state index in [9.17, 15) is 0 Å². The predicted molar refractivity (Wildman–Crippen MR) is 127 cm³/mol. The van der Waals surface area contributed by atoms with Gasteiger partial charge in [-0.25, -0.2) is 0 Å². The second kappa shape index (κ2) is 8.20. The van der Waals surface area contributed by atoms with Gasteiger partial charge in [0.2, 0.25) is 0 Å². The van der Waals surface area contributed by atoms with Gasteiger partial charge in [0.15, 0.2) is 0 Å². The van der Waals surface area contributed by atoms with Crippen molar-refractivity contribution in [1.82, 2.24) is 0 Å². The lowest BCUT2D eigenvalue weighted by molar-refractivity contribution is 0.948. The van der Waals surface area contributed by atoms with Gasteiger partial charge in [0.25, 0.3) is 0 Å². The van der Waals surface area contributed by atoms with Crippen LogP contribution in [0.25, 0.3) is 10.1 Å². The Morgan fingerprint density at radius 1 is 1.00 bits per heavy atom. The van der Waals surface area contributed by atoms with Gasteiger partial charge in [-0.3, -0.25) is 4.99 Å². The zero-order chi connectivity index (χ0) is 19.7. The SMILES string of the molecule is CC(=Nc1c(C(C)c2ccccc2)sc2ccccc12)c1cc(Cl)cc(Br)c1. The van der Waals surface area contributed by atoms with Gasteiger partial charge < -0.3 is 0 Å². The quantitative estimate of drug-likeness (QED) is 0.266. The summed E-state index contributed by atoms with van der Waals surface area (Å²) >= 11 is 11.6. The lowest BCUT2D eigenvalue weighted by Crippen LogP contribution is -1.96. The van der Waals surface area contributed by atoms with E-state index in [1.54, 1.807) is 0 Å². The Morgan fingerprint density at radius 3 is 2.46 bits per heavy atom. The number of thiophene rings is 1. The van der Waals surface area contributed by atoms with Gasteiger partial charge in [0.1, 0.15) is 0 Å². The first kappa shape index (κ1) is 19.4. The van der Waals surface area contributed by atoms with Gasteiger partial charge in [0.05, 0.1) is 5.69 Å². The van der Waals surface area contributed by atoms with E-state index in [0.717, 1.165) is 21.4 Å². The number of halogens is 2. The topological polar surface area (TPSA) is 12.4 Å². The fourth-order valence-corrected chi connectivity index (χ4v) is 5.43. The molecule has 4 aromatic rings. The summed E-state index contributed by atoms with van der Waals surface area (Å²) in [4.78, 5) is 6.38. The highest BCUT2D eigenvalue weighted by molar-refractivity contribution is 9.10. The maximum absolute atomic E-state index is 6.25. The lowest BCUT2D eigenvalue weighted by Gasteiger charge is -2.12. The van der Waals surface area contributed by atoms with Crippen LogP contribution in [-0.4, -0.2) is 5.71 Å². The van der Waals surface area contributed by atoms with Crippen molar-refractivity contribution >= 4 is 60.4 Å². The van der Waals surface area contributed by atoms with E-state index in [1.807, 2.05) is 30.4 Å². The van der Waals surface area contributed by atoms with E-state index in [2.05, 4.69) is 83.5 Å². The average Bonchev–Trinajstić information content (AvgIpc) is 3.06. The molecule has 0 bridgehead atoms. The molecule has 0 saturated carbocycles. The van der Waals surface area contributed by atoms with E-state index in [0.29, 0.717) is 5.02 Å². The standard InChI is InChI=1S/C24H19BrClNS/c1-15(17-8-4-3-5-9-17)24-23(21-10-6-7-11-22(21)28-24)27-16(2)18-12-19(25)14-20(26)13-18/h3-15H,1-2H3. The van der Waals surface area contributed by atoms with Crippen molar-refractivity contribution in [2.24, 2.45) is 4.99 Å². The van der Waals surface area contributed by atoms with Crippen molar-refractivity contribution < 1.29 is 0 Å². The fourth-order valence-electron chi connectivity index (χ4n) is 3.35. The summed E-state index contributed by atoms with van der Waals surface area (Å²) in [7, 11) is 0. The molecule has 0 amide bonds. The second-order valence-corrected chi connectivity index (χ2v) is 9.23. The van der Waals surface area contributed by atoms with Crippen LogP contribution in [0.3, 0.4) is 0 Å². The predicted octanol–water partition coefficient (Wildman–Crippen LogP) is 8.61. The van der Waals surface area contributed by atoms with Gasteiger partial charge in [-0.2, -0.15) is 0 Å². The molecule has 0 radical (unpaired) electrons. The molecule has 1 heterocycles. The van der Waals surface area contributed by atoms with E-state index in [4.69, 9.17) is 16.6 Å². The number of nitrogens with zero attached hydrogens (tertiary/aromatic N) is 1. The van der Waals surface area contributed by atoms with Crippen molar-refractivity contribution in [3.63, 3.8) is 0 Å². The van der Waals surface area contributed by atoms with Crippen LogP contribution in [0.2, 0.25) is 5.02 Å². The Hall–Kier alpha value is -1.94. The van der Waals surface area contributed by atoms with Crippen LogP contribution >= 0.6 is 38.9 Å². The molecule has 0 N–H and O–H groups in total. The first-order chi connectivity index (χ1) is 13.5. The van der Waals surface area contributed by atoms with E-state index >= 15 is 0 Å². The van der Waals surface area contributed by atoms with Crippen molar-refractivity contribution in [2.75, 3.05) is 0 Å². The Morgan fingerprint density at radius 2 is 1.71 bits per heavy atom. The third kappa shape index (κ3) is 3.93. The fraction of sp³-hybridized carbons (Fsp3) is 0.125. The molecule has 0 fully saturated rings. The normalized spacial score (nSPS) is 13.1. The molecule has 0 saturated heterocycles. The molecule has 0 aliphatic carbocycles. The summed E-state index contributed by atoms with van der Waals surface area (Å²) in [6.45, 7) is 4.30. The minimum atomic E-state index is 0.274. The van der Waals surface area contributed by atoms with Crippen LogP contribution in [0.15, 0.2) is 82.3 Å². The maximum atomic E-state index is 6.25. The summed E-state index contributed by atoms with van der Waals surface area (Å²) in [5.41, 5.74) is 4.33. The van der Waals surface area contributed by atoms with Crippen LogP contribution in [-0.2, 0) is 0 Å². The molecule has 0 spiro atoms. The minimum absolute atomic E-state index is 0.274. The molecular weight excluding hydrogens is 450 g/mol. The summed E-state index contributed by atoms with van der Waals surface area (Å²) in [5, 5.41) is 1.90. The second-order valence-electron chi connectivity index (χ2n) is 6.80. The Kier molecular flexibility index (Phi) is 5.68.